The van der Waals surface area contributed by atoms with Crippen molar-refractivity contribution in [1.82, 2.24) is 9.80 Å². The highest BCUT2D eigenvalue weighted by Crippen LogP contribution is 2.33. The fourth-order valence-electron chi connectivity index (χ4n) is 5.05. The van der Waals surface area contributed by atoms with Gasteiger partial charge in [0.1, 0.15) is 6.29 Å². The minimum absolute atomic E-state index is 0.178. The van der Waals surface area contributed by atoms with Gasteiger partial charge in [0.05, 0.1) is 0 Å². The number of amides is 1. The van der Waals surface area contributed by atoms with Gasteiger partial charge in [0.25, 0.3) is 5.91 Å². The summed E-state index contributed by atoms with van der Waals surface area (Å²) in [6.45, 7) is 9.81. The van der Waals surface area contributed by atoms with Crippen LogP contribution in [0.5, 0.6) is 0 Å². The number of nitrogens with zero attached hydrogens (tertiary/aromatic N) is 2. The molecule has 0 aromatic heterocycles. The molecule has 1 saturated heterocycles. The molecule has 0 bridgehead atoms. The molecule has 2 aromatic rings. The van der Waals surface area contributed by atoms with Crippen LogP contribution in [0.1, 0.15) is 71.1 Å². The van der Waals surface area contributed by atoms with Crippen LogP contribution < -0.4 is 0 Å². The molecule has 2 heterocycles. The van der Waals surface area contributed by atoms with Gasteiger partial charge in [-0.2, -0.15) is 0 Å². The number of carbonyl (C=O) groups excluding carboxylic acids is 2. The SMILES string of the molecule is C=CCCC(C)N1Cc2cc(C3CCN(Cc4ccc(CC=O)cc4)CC3)ccc2C1=O. The van der Waals surface area contributed by atoms with Crippen molar-refractivity contribution in [2.75, 3.05) is 13.1 Å². The van der Waals surface area contributed by atoms with Crippen molar-refractivity contribution in [3.63, 3.8) is 0 Å². The Morgan fingerprint density at radius 3 is 2.50 bits per heavy atom. The lowest BCUT2D eigenvalue weighted by Crippen LogP contribution is -2.33. The van der Waals surface area contributed by atoms with Crippen molar-refractivity contribution in [2.45, 2.75) is 64.1 Å². The van der Waals surface area contributed by atoms with E-state index in [1.54, 1.807) is 0 Å². The Labute approximate surface area is 191 Å². The van der Waals surface area contributed by atoms with E-state index in [0.717, 1.165) is 69.3 Å². The molecular weight excluding hydrogens is 396 g/mol. The highest BCUT2D eigenvalue weighted by atomic mass is 16.2. The second-order valence-electron chi connectivity index (χ2n) is 9.30. The van der Waals surface area contributed by atoms with Crippen molar-refractivity contribution in [1.29, 1.82) is 0 Å². The summed E-state index contributed by atoms with van der Waals surface area (Å²) >= 11 is 0. The summed E-state index contributed by atoms with van der Waals surface area (Å²) in [6.07, 6.45) is 7.57. The number of benzene rings is 2. The normalized spacial score (nSPS) is 17.9. The maximum Gasteiger partial charge on any atom is 0.254 e. The van der Waals surface area contributed by atoms with Gasteiger partial charge in [-0.25, -0.2) is 0 Å². The molecule has 168 valence electrons. The van der Waals surface area contributed by atoms with E-state index in [1.807, 2.05) is 11.0 Å². The van der Waals surface area contributed by atoms with E-state index in [-0.39, 0.29) is 11.9 Å². The Morgan fingerprint density at radius 1 is 1.09 bits per heavy atom. The summed E-state index contributed by atoms with van der Waals surface area (Å²) in [6, 6.07) is 15.2. The highest BCUT2D eigenvalue weighted by molar-refractivity contribution is 5.98. The molecule has 2 aliphatic heterocycles. The van der Waals surface area contributed by atoms with Crippen molar-refractivity contribution in [3.8, 4) is 0 Å². The Morgan fingerprint density at radius 2 is 1.81 bits per heavy atom. The van der Waals surface area contributed by atoms with Crippen LogP contribution >= 0.6 is 0 Å². The Balaban J connectivity index is 1.33. The molecule has 1 atom stereocenters. The molecule has 0 spiro atoms. The predicted octanol–water partition coefficient (Wildman–Crippen LogP) is 5.12. The van der Waals surface area contributed by atoms with E-state index < -0.39 is 0 Å². The van der Waals surface area contributed by atoms with Gasteiger partial charge >= 0.3 is 0 Å². The molecule has 4 heteroatoms. The fourth-order valence-corrected chi connectivity index (χ4v) is 5.05. The van der Waals surface area contributed by atoms with Crippen LogP contribution in [0.2, 0.25) is 0 Å². The molecule has 2 aromatic carbocycles. The van der Waals surface area contributed by atoms with Crippen molar-refractivity contribution < 1.29 is 9.59 Å². The molecule has 1 amide bonds. The second-order valence-corrected chi connectivity index (χ2v) is 9.30. The molecule has 4 nitrogen and oxygen atoms in total. The highest BCUT2D eigenvalue weighted by Gasteiger charge is 2.31. The van der Waals surface area contributed by atoms with Crippen LogP contribution in [-0.2, 0) is 24.3 Å². The average Bonchev–Trinajstić information content (AvgIpc) is 3.15. The van der Waals surface area contributed by atoms with E-state index in [1.165, 1.54) is 16.7 Å². The first-order valence-corrected chi connectivity index (χ1v) is 11.9. The number of likely N-dealkylation sites (tertiary alicyclic amines) is 1. The number of carbonyl (C=O) groups is 2. The van der Waals surface area contributed by atoms with Crippen LogP contribution in [0.3, 0.4) is 0 Å². The smallest absolute Gasteiger partial charge is 0.254 e. The molecule has 32 heavy (non-hydrogen) atoms. The van der Waals surface area contributed by atoms with Gasteiger partial charge < -0.3 is 9.69 Å². The summed E-state index contributed by atoms with van der Waals surface area (Å²) < 4.78 is 0. The van der Waals surface area contributed by atoms with E-state index in [0.29, 0.717) is 12.3 Å². The Hall–Kier alpha value is -2.72. The largest absolute Gasteiger partial charge is 0.332 e. The molecule has 4 rings (SSSR count). The van der Waals surface area contributed by atoms with E-state index in [9.17, 15) is 9.59 Å². The zero-order valence-electron chi connectivity index (χ0n) is 19.1. The predicted molar refractivity (Wildman–Crippen MR) is 129 cm³/mol. The topological polar surface area (TPSA) is 40.6 Å². The molecule has 0 N–H and O–H groups in total. The number of piperidine rings is 1. The first kappa shape index (κ1) is 22.5. The molecule has 1 unspecified atom stereocenters. The van der Waals surface area contributed by atoms with Gasteiger partial charge in [0.2, 0.25) is 0 Å². The Kier molecular flexibility index (Phi) is 7.21. The number of aldehydes is 1. The number of rotatable bonds is 9. The van der Waals surface area contributed by atoms with Gasteiger partial charge in [-0.05, 0) is 79.9 Å². The van der Waals surface area contributed by atoms with Crippen molar-refractivity contribution in [3.05, 3.63) is 82.9 Å². The maximum atomic E-state index is 12.8. The van der Waals surface area contributed by atoms with Gasteiger partial charge in [-0.15, -0.1) is 6.58 Å². The summed E-state index contributed by atoms with van der Waals surface area (Å²) in [5, 5.41) is 0. The van der Waals surface area contributed by atoms with Crippen LogP contribution in [0, 0.1) is 0 Å². The van der Waals surface area contributed by atoms with Crippen LogP contribution in [0.15, 0.2) is 55.1 Å². The molecule has 2 aliphatic rings. The standard InChI is InChI=1S/C28H34N2O2/c1-3-4-5-21(2)30-20-26-18-25(10-11-27(26)28(30)32)24-12-15-29(16-13-24)19-23-8-6-22(7-9-23)14-17-31/h3,6-11,17-18,21,24H,1,4-5,12-16,19-20H2,2H3. The third-order valence-electron chi connectivity index (χ3n) is 7.09. The van der Waals surface area contributed by atoms with Crippen molar-refractivity contribution >= 4 is 12.2 Å². The third kappa shape index (κ3) is 5.02. The maximum absolute atomic E-state index is 12.8. The van der Waals surface area contributed by atoms with Gasteiger partial charge in [0.15, 0.2) is 0 Å². The first-order chi connectivity index (χ1) is 15.6. The third-order valence-corrected chi connectivity index (χ3v) is 7.09. The zero-order valence-corrected chi connectivity index (χ0v) is 19.1. The Bertz CT molecular complexity index is 958. The number of fused-ring (bicyclic) bond motifs is 1. The zero-order chi connectivity index (χ0) is 22.5. The summed E-state index contributed by atoms with van der Waals surface area (Å²) in [5.41, 5.74) is 5.84. The second kappa shape index (κ2) is 10.3. The quantitative estimate of drug-likeness (QED) is 0.410. The molecule has 1 fully saturated rings. The van der Waals surface area contributed by atoms with Crippen molar-refractivity contribution in [2.24, 2.45) is 0 Å². The van der Waals surface area contributed by atoms with E-state index in [2.05, 4.69) is 60.9 Å². The molecule has 0 aliphatic carbocycles. The van der Waals surface area contributed by atoms with Gasteiger partial charge in [-0.3, -0.25) is 9.69 Å². The van der Waals surface area contributed by atoms with Crippen LogP contribution in [0.4, 0.5) is 0 Å². The lowest BCUT2D eigenvalue weighted by atomic mass is 9.87. The van der Waals surface area contributed by atoms with Gasteiger partial charge in [0, 0.05) is 31.1 Å². The average molecular weight is 431 g/mol. The summed E-state index contributed by atoms with van der Waals surface area (Å²) in [7, 11) is 0. The molecule has 0 saturated carbocycles. The van der Waals surface area contributed by atoms with E-state index >= 15 is 0 Å². The lowest BCUT2D eigenvalue weighted by molar-refractivity contribution is -0.107. The number of hydrogen-bond acceptors (Lipinski definition) is 3. The summed E-state index contributed by atoms with van der Waals surface area (Å²) in [4.78, 5) is 28.0. The molecule has 0 radical (unpaired) electrons. The first-order valence-electron chi connectivity index (χ1n) is 11.9. The van der Waals surface area contributed by atoms with Crippen LogP contribution in [-0.4, -0.2) is 41.1 Å². The number of hydrogen-bond donors (Lipinski definition) is 0. The monoisotopic (exact) mass is 430 g/mol. The van der Waals surface area contributed by atoms with Crippen LogP contribution in [0.25, 0.3) is 0 Å². The minimum Gasteiger partial charge on any atom is -0.332 e. The lowest BCUT2D eigenvalue weighted by Gasteiger charge is -2.32. The number of allylic oxidation sites excluding steroid dienone is 1. The minimum atomic E-state index is 0.178. The molecular formula is C28H34N2O2. The van der Waals surface area contributed by atoms with E-state index in [4.69, 9.17) is 0 Å². The van der Waals surface area contributed by atoms with Gasteiger partial charge in [-0.1, -0.05) is 42.5 Å². The summed E-state index contributed by atoms with van der Waals surface area (Å²) in [5.74, 6) is 0.742. The fraction of sp³-hybridized carbons (Fsp3) is 0.429.